The minimum Gasteiger partial charge on any atom is -0.493 e. The minimum atomic E-state index is -2.52. The van der Waals surface area contributed by atoms with Gasteiger partial charge in [-0.25, -0.2) is 8.78 Å². The first kappa shape index (κ1) is 14.7. The lowest BCUT2D eigenvalue weighted by Crippen LogP contribution is -2.22. The highest BCUT2D eigenvalue weighted by Gasteiger charge is 2.17. The van der Waals surface area contributed by atoms with Crippen LogP contribution in [0.25, 0.3) is 0 Å². The minimum absolute atomic E-state index is 0.0522. The van der Waals surface area contributed by atoms with E-state index in [0.717, 1.165) is 26.1 Å². The molecule has 1 aromatic rings. The molecule has 1 aromatic carbocycles. The maximum atomic E-state index is 12.9. The zero-order valence-electron chi connectivity index (χ0n) is 10.7. The van der Waals surface area contributed by atoms with Crippen LogP contribution in [-0.2, 0) is 0 Å². The zero-order valence-corrected chi connectivity index (χ0v) is 12.3. The molecule has 0 aromatic heterocycles. The van der Waals surface area contributed by atoms with E-state index in [1.165, 1.54) is 12.8 Å². The Bertz CT molecular complexity index is 408. The van der Waals surface area contributed by atoms with Crippen LogP contribution in [0.4, 0.5) is 8.78 Å². The molecule has 1 fully saturated rings. The zero-order chi connectivity index (χ0) is 13.7. The molecule has 0 saturated carbocycles. The lowest BCUT2D eigenvalue weighted by atomic mass is 10.2. The van der Waals surface area contributed by atoms with Crippen molar-refractivity contribution in [3.8, 4) is 5.75 Å². The Kier molecular flexibility index (Phi) is 5.58. The molecule has 2 rings (SSSR count). The summed E-state index contributed by atoms with van der Waals surface area (Å²) in [4.78, 5) is 2.39. The molecule has 0 aliphatic carbocycles. The summed E-state index contributed by atoms with van der Waals surface area (Å²) in [7, 11) is 0. The molecule has 1 saturated heterocycles. The van der Waals surface area contributed by atoms with Crippen molar-refractivity contribution in [3.63, 3.8) is 0 Å². The molecule has 0 atom stereocenters. The fourth-order valence-electron chi connectivity index (χ4n) is 2.33. The number of halogens is 3. The van der Waals surface area contributed by atoms with Crippen molar-refractivity contribution in [3.05, 3.63) is 28.2 Å². The van der Waals surface area contributed by atoms with Crippen LogP contribution in [0.5, 0.6) is 5.75 Å². The van der Waals surface area contributed by atoms with Crippen molar-refractivity contribution in [1.29, 1.82) is 0 Å². The molecular weight excluding hydrogens is 316 g/mol. The van der Waals surface area contributed by atoms with Gasteiger partial charge in [0.2, 0.25) is 0 Å². The highest BCUT2D eigenvalue weighted by atomic mass is 79.9. The van der Waals surface area contributed by atoms with Gasteiger partial charge in [0.1, 0.15) is 5.75 Å². The summed E-state index contributed by atoms with van der Waals surface area (Å²) in [6.45, 7) is 3.77. The number of likely N-dealkylation sites (tertiary alicyclic amines) is 1. The van der Waals surface area contributed by atoms with Gasteiger partial charge in [-0.05, 0) is 44.5 Å². The van der Waals surface area contributed by atoms with Gasteiger partial charge in [-0.2, -0.15) is 0 Å². The van der Waals surface area contributed by atoms with Crippen molar-refractivity contribution in [1.82, 2.24) is 4.90 Å². The Morgan fingerprint density at radius 3 is 2.68 bits per heavy atom. The Labute approximate surface area is 120 Å². The summed E-state index contributed by atoms with van der Waals surface area (Å²) in [6.07, 6.45) is 0.878. The van der Waals surface area contributed by atoms with Gasteiger partial charge in [-0.1, -0.05) is 22.0 Å². The molecule has 1 aliphatic heterocycles. The standard InChI is InChI=1S/C14H18BrF2NO/c15-11-5-3-6-12(13(11)14(16)17)19-10-4-9-18-7-1-2-8-18/h3,5-6,14H,1-2,4,7-10H2. The molecule has 106 valence electrons. The Morgan fingerprint density at radius 2 is 2.00 bits per heavy atom. The maximum absolute atomic E-state index is 12.9. The van der Waals surface area contributed by atoms with Crippen LogP contribution in [0.3, 0.4) is 0 Å². The monoisotopic (exact) mass is 333 g/mol. The van der Waals surface area contributed by atoms with Gasteiger partial charge in [-0.15, -0.1) is 0 Å². The largest absolute Gasteiger partial charge is 0.493 e. The number of hydrogen-bond acceptors (Lipinski definition) is 2. The third-order valence-corrected chi connectivity index (χ3v) is 4.00. The quantitative estimate of drug-likeness (QED) is 0.721. The van der Waals surface area contributed by atoms with Gasteiger partial charge in [-0.3, -0.25) is 0 Å². The average Bonchev–Trinajstić information content (AvgIpc) is 2.87. The average molecular weight is 334 g/mol. The number of benzene rings is 1. The summed E-state index contributed by atoms with van der Waals surface area (Å²) in [5.41, 5.74) is -0.0522. The van der Waals surface area contributed by atoms with Crippen LogP contribution in [-0.4, -0.2) is 31.1 Å². The summed E-state index contributed by atoms with van der Waals surface area (Å²) < 4.78 is 31.8. The lowest BCUT2D eigenvalue weighted by molar-refractivity contribution is 0.143. The first-order valence-electron chi connectivity index (χ1n) is 6.60. The van der Waals surface area contributed by atoms with Crippen LogP contribution in [0.15, 0.2) is 22.7 Å². The van der Waals surface area contributed by atoms with Gasteiger partial charge in [0, 0.05) is 11.0 Å². The summed E-state index contributed by atoms with van der Waals surface area (Å²) in [5, 5.41) is 0. The number of hydrogen-bond donors (Lipinski definition) is 0. The van der Waals surface area contributed by atoms with Gasteiger partial charge in [0.15, 0.2) is 0 Å². The molecular formula is C14H18BrF2NO. The van der Waals surface area contributed by atoms with E-state index in [2.05, 4.69) is 20.8 Å². The van der Waals surface area contributed by atoms with Crippen molar-refractivity contribution in [2.24, 2.45) is 0 Å². The van der Waals surface area contributed by atoms with Crippen molar-refractivity contribution in [2.45, 2.75) is 25.7 Å². The SMILES string of the molecule is FC(F)c1c(Br)cccc1OCCCN1CCCC1. The molecule has 0 N–H and O–H groups in total. The second kappa shape index (κ2) is 7.20. The third kappa shape index (κ3) is 4.14. The number of rotatable bonds is 6. The molecule has 1 aliphatic rings. The molecule has 5 heteroatoms. The van der Waals surface area contributed by atoms with Crippen LogP contribution in [0, 0.1) is 0 Å². The molecule has 1 heterocycles. The molecule has 0 unspecified atom stereocenters. The van der Waals surface area contributed by atoms with Crippen molar-refractivity contribution in [2.75, 3.05) is 26.2 Å². The predicted molar refractivity (Wildman–Crippen MR) is 74.9 cm³/mol. The first-order valence-corrected chi connectivity index (χ1v) is 7.39. The summed E-state index contributed by atoms with van der Waals surface area (Å²) in [6, 6.07) is 4.92. The molecule has 0 amide bonds. The van der Waals surface area contributed by atoms with E-state index < -0.39 is 6.43 Å². The van der Waals surface area contributed by atoms with E-state index >= 15 is 0 Å². The van der Waals surface area contributed by atoms with Gasteiger partial charge in [0.25, 0.3) is 6.43 Å². The van der Waals surface area contributed by atoms with Gasteiger partial charge in [0.05, 0.1) is 12.2 Å². The van der Waals surface area contributed by atoms with E-state index in [4.69, 9.17) is 4.74 Å². The van der Waals surface area contributed by atoms with Crippen LogP contribution >= 0.6 is 15.9 Å². The molecule has 0 spiro atoms. The second-order valence-electron chi connectivity index (χ2n) is 4.70. The Morgan fingerprint density at radius 1 is 1.26 bits per heavy atom. The highest BCUT2D eigenvalue weighted by Crippen LogP contribution is 2.35. The summed E-state index contributed by atoms with van der Waals surface area (Å²) in [5.74, 6) is 0.283. The molecule has 0 bridgehead atoms. The predicted octanol–water partition coefficient (Wildman–Crippen LogP) is 4.25. The molecule has 2 nitrogen and oxygen atoms in total. The van der Waals surface area contributed by atoms with E-state index in [1.54, 1.807) is 18.2 Å². The topological polar surface area (TPSA) is 12.5 Å². The van der Waals surface area contributed by atoms with E-state index in [-0.39, 0.29) is 11.3 Å². The number of alkyl halides is 2. The van der Waals surface area contributed by atoms with Crippen LogP contribution < -0.4 is 4.74 Å². The van der Waals surface area contributed by atoms with Crippen molar-refractivity contribution >= 4 is 15.9 Å². The smallest absolute Gasteiger partial charge is 0.268 e. The molecule has 0 radical (unpaired) electrons. The highest BCUT2D eigenvalue weighted by molar-refractivity contribution is 9.10. The number of nitrogens with zero attached hydrogens (tertiary/aromatic N) is 1. The maximum Gasteiger partial charge on any atom is 0.268 e. The van der Waals surface area contributed by atoms with E-state index in [0.29, 0.717) is 11.1 Å². The molecule has 19 heavy (non-hydrogen) atoms. The fraction of sp³-hybridized carbons (Fsp3) is 0.571. The van der Waals surface area contributed by atoms with Crippen LogP contribution in [0.2, 0.25) is 0 Å². The van der Waals surface area contributed by atoms with Gasteiger partial charge >= 0.3 is 0 Å². The third-order valence-electron chi connectivity index (χ3n) is 3.31. The number of ether oxygens (including phenoxy) is 1. The first-order chi connectivity index (χ1) is 9.18. The Balaban J connectivity index is 1.83. The van der Waals surface area contributed by atoms with Crippen molar-refractivity contribution < 1.29 is 13.5 Å². The normalized spacial score (nSPS) is 16.2. The lowest BCUT2D eigenvalue weighted by Gasteiger charge is -2.16. The summed E-state index contributed by atoms with van der Waals surface area (Å²) >= 11 is 3.14. The fourth-order valence-corrected chi connectivity index (χ4v) is 2.85. The van der Waals surface area contributed by atoms with E-state index in [9.17, 15) is 8.78 Å². The van der Waals surface area contributed by atoms with Crippen LogP contribution in [0.1, 0.15) is 31.3 Å². The Hall–Kier alpha value is -0.680. The second-order valence-corrected chi connectivity index (χ2v) is 5.56. The van der Waals surface area contributed by atoms with E-state index in [1.807, 2.05) is 0 Å². The van der Waals surface area contributed by atoms with Gasteiger partial charge < -0.3 is 9.64 Å².